The third-order valence-corrected chi connectivity index (χ3v) is 4.20. The van der Waals surface area contributed by atoms with Gasteiger partial charge < -0.3 is 4.90 Å². The normalized spacial score (nSPS) is 20.0. The van der Waals surface area contributed by atoms with Gasteiger partial charge in [-0.25, -0.2) is 4.98 Å². The molecule has 0 saturated carbocycles. The zero-order valence-corrected chi connectivity index (χ0v) is 13.0. The number of aromatic nitrogens is 4. The maximum atomic E-state index is 6.55. The van der Waals surface area contributed by atoms with E-state index in [1.807, 2.05) is 18.7 Å². The molecule has 2 aromatic rings. The molecule has 3 rings (SSSR count). The number of alkyl halides is 1. The van der Waals surface area contributed by atoms with Gasteiger partial charge in [0.1, 0.15) is 11.3 Å². The van der Waals surface area contributed by atoms with Crippen LogP contribution in [-0.4, -0.2) is 49.8 Å². The number of hydrogen-bond donors (Lipinski definition) is 0. The van der Waals surface area contributed by atoms with Crippen LogP contribution in [0.4, 0.5) is 5.82 Å². The second kappa shape index (κ2) is 5.99. The van der Waals surface area contributed by atoms with Crippen molar-refractivity contribution >= 4 is 17.4 Å². The fraction of sp³-hybridized carbons (Fsp3) is 0.500. The van der Waals surface area contributed by atoms with E-state index in [0.29, 0.717) is 0 Å². The third-order valence-electron chi connectivity index (χ3n) is 3.79. The van der Waals surface area contributed by atoms with Gasteiger partial charge in [-0.2, -0.15) is 5.10 Å². The van der Waals surface area contributed by atoms with Crippen LogP contribution in [0, 0.1) is 6.92 Å². The Morgan fingerprint density at radius 3 is 2.81 bits per heavy atom. The van der Waals surface area contributed by atoms with Crippen LogP contribution in [0.5, 0.6) is 0 Å². The fourth-order valence-corrected chi connectivity index (χ4v) is 2.97. The Hall–Kier alpha value is -1.66. The molecule has 1 saturated heterocycles. The molecule has 3 heterocycles. The molecule has 6 nitrogen and oxygen atoms in total. The minimum absolute atomic E-state index is 0.0413. The summed E-state index contributed by atoms with van der Waals surface area (Å²) < 4.78 is 1.85. The summed E-state index contributed by atoms with van der Waals surface area (Å²) in [7, 11) is 1.95. The van der Waals surface area contributed by atoms with Gasteiger partial charge in [-0.05, 0) is 6.92 Å². The lowest BCUT2D eigenvalue weighted by atomic mass is 10.2. The summed E-state index contributed by atoms with van der Waals surface area (Å²) in [5.74, 6) is 0.889. The van der Waals surface area contributed by atoms with Gasteiger partial charge in [0.15, 0.2) is 0 Å². The zero-order chi connectivity index (χ0) is 14.8. The SMILES string of the molecule is Cc1nn(C)cc1CN1CCN(c2cnccn2)CC1Cl. The van der Waals surface area contributed by atoms with E-state index in [-0.39, 0.29) is 5.50 Å². The number of rotatable bonds is 3. The van der Waals surface area contributed by atoms with Crippen molar-refractivity contribution in [3.05, 3.63) is 36.0 Å². The van der Waals surface area contributed by atoms with Crippen molar-refractivity contribution < 1.29 is 0 Å². The van der Waals surface area contributed by atoms with Crippen molar-refractivity contribution in [2.45, 2.75) is 19.0 Å². The summed E-state index contributed by atoms with van der Waals surface area (Å²) in [6.07, 6.45) is 7.24. The van der Waals surface area contributed by atoms with Crippen molar-refractivity contribution in [3.8, 4) is 0 Å². The second-order valence-electron chi connectivity index (χ2n) is 5.33. The highest BCUT2D eigenvalue weighted by molar-refractivity contribution is 6.20. The molecular formula is C14H19ClN6. The first-order valence-electron chi connectivity index (χ1n) is 7.01. The maximum absolute atomic E-state index is 6.55. The van der Waals surface area contributed by atoms with Crippen LogP contribution in [0.2, 0.25) is 0 Å². The lowest BCUT2D eigenvalue weighted by molar-refractivity contribution is 0.221. The average molecular weight is 307 g/mol. The summed E-state index contributed by atoms with van der Waals surface area (Å²) >= 11 is 6.55. The lowest BCUT2D eigenvalue weighted by Crippen LogP contribution is -2.50. The molecule has 1 fully saturated rings. The Bertz CT molecular complexity index is 599. The van der Waals surface area contributed by atoms with Crippen LogP contribution in [0.3, 0.4) is 0 Å². The molecule has 0 aliphatic carbocycles. The summed E-state index contributed by atoms with van der Waals surface area (Å²) in [6, 6.07) is 0. The van der Waals surface area contributed by atoms with Crippen LogP contribution in [0.1, 0.15) is 11.3 Å². The third kappa shape index (κ3) is 3.16. The average Bonchev–Trinajstić information content (AvgIpc) is 2.80. The monoisotopic (exact) mass is 306 g/mol. The number of anilines is 1. The topological polar surface area (TPSA) is 50.1 Å². The van der Waals surface area contributed by atoms with E-state index in [1.165, 1.54) is 5.56 Å². The van der Waals surface area contributed by atoms with Crippen molar-refractivity contribution in [3.63, 3.8) is 0 Å². The van der Waals surface area contributed by atoms with E-state index in [9.17, 15) is 0 Å². The van der Waals surface area contributed by atoms with Crippen LogP contribution < -0.4 is 4.90 Å². The van der Waals surface area contributed by atoms with Crippen molar-refractivity contribution in [2.75, 3.05) is 24.5 Å². The summed E-state index contributed by atoms with van der Waals surface area (Å²) in [6.45, 7) is 5.43. The van der Waals surface area contributed by atoms with Gasteiger partial charge in [0, 0.05) is 57.4 Å². The smallest absolute Gasteiger partial charge is 0.147 e. The Kier molecular flexibility index (Phi) is 4.07. The quantitative estimate of drug-likeness (QED) is 0.634. The van der Waals surface area contributed by atoms with E-state index in [4.69, 9.17) is 11.6 Å². The molecule has 21 heavy (non-hydrogen) atoms. The number of halogens is 1. The summed E-state index contributed by atoms with van der Waals surface area (Å²) in [4.78, 5) is 12.9. The van der Waals surface area contributed by atoms with Gasteiger partial charge in [0.05, 0.1) is 11.9 Å². The standard InChI is InChI=1S/C14H19ClN6/c1-11-12(8-19(2)18-11)9-20-5-6-21(10-13(20)15)14-7-16-3-4-17-14/h3-4,7-8,13H,5-6,9-10H2,1-2H3. The predicted molar refractivity (Wildman–Crippen MR) is 82.2 cm³/mol. The number of nitrogens with zero attached hydrogens (tertiary/aromatic N) is 6. The molecule has 0 bridgehead atoms. The van der Waals surface area contributed by atoms with Crippen molar-refractivity contribution in [1.29, 1.82) is 0 Å². The highest BCUT2D eigenvalue weighted by Crippen LogP contribution is 2.21. The first-order valence-corrected chi connectivity index (χ1v) is 7.45. The van der Waals surface area contributed by atoms with E-state index in [1.54, 1.807) is 18.6 Å². The van der Waals surface area contributed by atoms with Gasteiger partial charge in [-0.1, -0.05) is 0 Å². The molecule has 0 amide bonds. The van der Waals surface area contributed by atoms with Crippen molar-refractivity contribution in [2.24, 2.45) is 7.05 Å². The largest absolute Gasteiger partial charge is 0.351 e. The maximum Gasteiger partial charge on any atom is 0.147 e. The van der Waals surface area contributed by atoms with Gasteiger partial charge >= 0.3 is 0 Å². The predicted octanol–water partition coefficient (Wildman–Crippen LogP) is 1.41. The molecule has 112 valence electrons. The Morgan fingerprint density at radius 1 is 1.33 bits per heavy atom. The molecule has 7 heteroatoms. The molecule has 0 spiro atoms. The molecule has 0 radical (unpaired) electrons. The molecule has 2 aromatic heterocycles. The Morgan fingerprint density at radius 2 is 2.19 bits per heavy atom. The summed E-state index contributed by atoms with van der Waals surface area (Å²) in [5.41, 5.74) is 2.26. The molecule has 1 aliphatic rings. The van der Waals surface area contributed by atoms with Gasteiger partial charge in [0.2, 0.25) is 0 Å². The molecule has 1 atom stereocenters. The van der Waals surface area contributed by atoms with Crippen LogP contribution in [-0.2, 0) is 13.6 Å². The zero-order valence-electron chi connectivity index (χ0n) is 12.3. The van der Waals surface area contributed by atoms with Gasteiger partial charge in [-0.15, -0.1) is 11.6 Å². The molecule has 1 aliphatic heterocycles. The minimum Gasteiger partial charge on any atom is -0.351 e. The van der Waals surface area contributed by atoms with E-state index in [2.05, 4.69) is 31.1 Å². The summed E-state index contributed by atoms with van der Waals surface area (Å²) in [5, 5.41) is 4.38. The van der Waals surface area contributed by atoms with E-state index in [0.717, 1.165) is 37.7 Å². The first kappa shape index (κ1) is 14.3. The highest BCUT2D eigenvalue weighted by atomic mass is 35.5. The van der Waals surface area contributed by atoms with E-state index >= 15 is 0 Å². The Balaban J connectivity index is 1.65. The number of aryl methyl sites for hydroxylation is 2. The van der Waals surface area contributed by atoms with Gasteiger partial charge in [-0.3, -0.25) is 14.6 Å². The first-order chi connectivity index (χ1) is 10.1. The number of piperazine rings is 1. The highest BCUT2D eigenvalue weighted by Gasteiger charge is 2.26. The second-order valence-corrected chi connectivity index (χ2v) is 5.83. The molecule has 1 unspecified atom stereocenters. The van der Waals surface area contributed by atoms with E-state index < -0.39 is 0 Å². The van der Waals surface area contributed by atoms with Crippen LogP contribution in [0.15, 0.2) is 24.8 Å². The minimum atomic E-state index is -0.0413. The van der Waals surface area contributed by atoms with Crippen LogP contribution in [0.25, 0.3) is 0 Å². The van der Waals surface area contributed by atoms with Gasteiger partial charge in [0.25, 0.3) is 0 Å². The van der Waals surface area contributed by atoms with Crippen molar-refractivity contribution in [1.82, 2.24) is 24.6 Å². The van der Waals surface area contributed by atoms with Crippen LogP contribution >= 0.6 is 11.6 Å². The molecular weight excluding hydrogens is 288 g/mol. The molecule has 0 N–H and O–H groups in total. The Labute approximate surface area is 129 Å². The fourth-order valence-electron chi connectivity index (χ4n) is 2.64. The number of hydrogen-bond acceptors (Lipinski definition) is 5. The lowest BCUT2D eigenvalue weighted by Gasteiger charge is -2.38. The molecule has 0 aromatic carbocycles.